The number of hydrogen-bond donors (Lipinski definition) is 2. The van der Waals surface area contributed by atoms with Crippen LogP contribution in [-0.4, -0.2) is 28.1 Å². The number of carboxylic acid groups (broad SMARTS) is 1. The minimum absolute atomic E-state index is 0.103. The van der Waals surface area contributed by atoms with Crippen molar-refractivity contribution < 1.29 is 24.5 Å². The molecule has 1 aromatic carbocycles. The number of carbonyl (C=O) groups excluding carboxylic acids is 1. The van der Waals surface area contributed by atoms with Crippen molar-refractivity contribution >= 4 is 17.5 Å². The van der Waals surface area contributed by atoms with E-state index in [4.69, 9.17) is 9.84 Å². The highest BCUT2D eigenvalue weighted by Gasteiger charge is 2.13. The molecule has 2 N–H and O–H groups in total. The van der Waals surface area contributed by atoms with Gasteiger partial charge in [0.2, 0.25) is 0 Å². The first-order chi connectivity index (χ1) is 8.41. The SMILES string of the molecule is CC(C)Oc1ccccc1C(O)=CC(=O)C(=O)O. The van der Waals surface area contributed by atoms with E-state index in [-0.39, 0.29) is 11.7 Å². The van der Waals surface area contributed by atoms with E-state index in [0.717, 1.165) is 0 Å². The molecule has 0 atom stereocenters. The number of ether oxygens (including phenoxy) is 1. The quantitative estimate of drug-likeness (QED) is 0.474. The van der Waals surface area contributed by atoms with Gasteiger partial charge >= 0.3 is 5.97 Å². The van der Waals surface area contributed by atoms with Crippen LogP contribution in [0, 0.1) is 0 Å². The standard InChI is InChI=1S/C13H14O5/c1-8(2)18-12-6-4-3-5-9(12)10(14)7-11(15)13(16)17/h3-8,14H,1-2H3,(H,16,17). The summed E-state index contributed by atoms with van der Waals surface area (Å²) < 4.78 is 5.45. The Morgan fingerprint density at radius 1 is 1.22 bits per heavy atom. The van der Waals surface area contributed by atoms with Gasteiger partial charge in [0.05, 0.1) is 11.7 Å². The van der Waals surface area contributed by atoms with E-state index in [9.17, 15) is 14.7 Å². The molecule has 0 amide bonds. The summed E-state index contributed by atoms with van der Waals surface area (Å²) in [4.78, 5) is 21.4. The van der Waals surface area contributed by atoms with Crippen LogP contribution in [-0.2, 0) is 9.59 Å². The Morgan fingerprint density at radius 2 is 1.83 bits per heavy atom. The van der Waals surface area contributed by atoms with Crippen molar-refractivity contribution in [2.24, 2.45) is 0 Å². The van der Waals surface area contributed by atoms with E-state index in [0.29, 0.717) is 11.8 Å². The number of aliphatic hydroxyl groups is 1. The summed E-state index contributed by atoms with van der Waals surface area (Å²) in [6, 6.07) is 6.54. The topological polar surface area (TPSA) is 83.8 Å². The molecule has 96 valence electrons. The van der Waals surface area contributed by atoms with Crippen molar-refractivity contribution in [2.75, 3.05) is 0 Å². The van der Waals surface area contributed by atoms with Crippen LogP contribution in [0.15, 0.2) is 30.3 Å². The Bertz CT molecular complexity index is 488. The van der Waals surface area contributed by atoms with E-state index < -0.39 is 17.5 Å². The van der Waals surface area contributed by atoms with Gasteiger partial charge in [-0.1, -0.05) is 12.1 Å². The summed E-state index contributed by atoms with van der Waals surface area (Å²) in [7, 11) is 0. The van der Waals surface area contributed by atoms with Gasteiger partial charge in [-0.25, -0.2) is 4.79 Å². The maximum Gasteiger partial charge on any atom is 0.376 e. The molecule has 18 heavy (non-hydrogen) atoms. The number of para-hydroxylation sites is 1. The zero-order valence-electron chi connectivity index (χ0n) is 10.1. The molecule has 0 aliphatic rings. The molecule has 5 heteroatoms. The molecule has 0 heterocycles. The number of rotatable bonds is 5. The van der Waals surface area contributed by atoms with E-state index in [1.54, 1.807) is 24.3 Å². The van der Waals surface area contributed by atoms with Crippen molar-refractivity contribution in [3.8, 4) is 5.75 Å². The molecule has 0 aliphatic heterocycles. The largest absolute Gasteiger partial charge is 0.507 e. The lowest BCUT2D eigenvalue weighted by Gasteiger charge is -2.13. The Labute approximate surface area is 104 Å². The second-order valence-electron chi connectivity index (χ2n) is 3.86. The fourth-order valence-electron chi connectivity index (χ4n) is 1.30. The average Bonchev–Trinajstić information content (AvgIpc) is 2.28. The van der Waals surface area contributed by atoms with Crippen LogP contribution in [0.4, 0.5) is 0 Å². The van der Waals surface area contributed by atoms with Crippen molar-refractivity contribution in [3.05, 3.63) is 35.9 Å². The lowest BCUT2D eigenvalue weighted by molar-refractivity contribution is -0.146. The highest BCUT2D eigenvalue weighted by molar-refractivity contribution is 6.38. The molecular formula is C13H14O5. The molecule has 5 nitrogen and oxygen atoms in total. The average molecular weight is 250 g/mol. The zero-order valence-corrected chi connectivity index (χ0v) is 10.1. The number of benzene rings is 1. The zero-order chi connectivity index (χ0) is 13.7. The first kappa shape index (κ1) is 13.8. The van der Waals surface area contributed by atoms with E-state index in [2.05, 4.69) is 0 Å². The van der Waals surface area contributed by atoms with Crippen molar-refractivity contribution in [2.45, 2.75) is 20.0 Å². The monoisotopic (exact) mass is 250 g/mol. The maximum absolute atomic E-state index is 11.0. The first-order valence-corrected chi connectivity index (χ1v) is 5.35. The molecule has 1 rings (SSSR count). The van der Waals surface area contributed by atoms with Gasteiger partial charge in [0.1, 0.15) is 11.5 Å². The predicted molar refractivity (Wildman–Crippen MR) is 65.5 cm³/mol. The van der Waals surface area contributed by atoms with Crippen LogP contribution >= 0.6 is 0 Å². The van der Waals surface area contributed by atoms with Crippen LogP contribution < -0.4 is 4.74 Å². The van der Waals surface area contributed by atoms with Crippen LogP contribution in [0.3, 0.4) is 0 Å². The summed E-state index contributed by atoms with van der Waals surface area (Å²) in [6.45, 7) is 3.64. The third-order valence-electron chi connectivity index (χ3n) is 2.00. The molecule has 0 saturated heterocycles. The number of ketones is 1. The van der Waals surface area contributed by atoms with Crippen LogP contribution in [0.1, 0.15) is 19.4 Å². The third-order valence-corrected chi connectivity index (χ3v) is 2.00. The minimum atomic E-state index is -1.62. The Morgan fingerprint density at radius 3 is 2.39 bits per heavy atom. The molecule has 0 saturated carbocycles. The Balaban J connectivity index is 3.09. The fraction of sp³-hybridized carbons (Fsp3) is 0.231. The van der Waals surface area contributed by atoms with Gasteiger partial charge in [-0.3, -0.25) is 4.79 Å². The number of hydrogen-bond acceptors (Lipinski definition) is 4. The Kier molecular flexibility index (Phi) is 4.48. The summed E-state index contributed by atoms with van der Waals surface area (Å²) in [5.41, 5.74) is 0.279. The van der Waals surface area contributed by atoms with Crippen molar-refractivity contribution in [3.63, 3.8) is 0 Å². The highest BCUT2D eigenvalue weighted by Crippen LogP contribution is 2.25. The lowest BCUT2D eigenvalue weighted by Crippen LogP contribution is -2.10. The summed E-state index contributed by atoms with van der Waals surface area (Å²) in [5.74, 6) is -2.85. The summed E-state index contributed by atoms with van der Waals surface area (Å²) >= 11 is 0. The summed E-state index contributed by atoms with van der Waals surface area (Å²) in [6.07, 6.45) is 0.555. The molecule has 0 fully saturated rings. The van der Waals surface area contributed by atoms with E-state index in [1.807, 2.05) is 13.8 Å². The molecule has 1 aromatic rings. The van der Waals surface area contributed by atoms with Gasteiger partial charge in [0.15, 0.2) is 0 Å². The molecular weight excluding hydrogens is 236 g/mol. The molecule has 0 unspecified atom stereocenters. The van der Waals surface area contributed by atoms with Gasteiger partial charge in [0.25, 0.3) is 5.78 Å². The van der Waals surface area contributed by atoms with Crippen LogP contribution in [0.2, 0.25) is 0 Å². The van der Waals surface area contributed by atoms with Crippen molar-refractivity contribution in [1.29, 1.82) is 0 Å². The number of aliphatic hydroxyl groups excluding tert-OH is 1. The lowest BCUT2D eigenvalue weighted by atomic mass is 10.1. The second-order valence-corrected chi connectivity index (χ2v) is 3.86. The highest BCUT2D eigenvalue weighted by atomic mass is 16.5. The second kappa shape index (κ2) is 5.86. The van der Waals surface area contributed by atoms with Crippen LogP contribution in [0.5, 0.6) is 5.75 Å². The van der Waals surface area contributed by atoms with E-state index >= 15 is 0 Å². The molecule has 0 aromatic heterocycles. The molecule has 0 radical (unpaired) electrons. The van der Waals surface area contributed by atoms with Gasteiger partial charge in [-0.05, 0) is 26.0 Å². The van der Waals surface area contributed by atoms with Gasteiger partial charge in [0, 0.05) is 6.08 Å². The molecule has 0 aliphatic carbocycles. The fourth-order valence-corrected chi connectivity index (χ4v) is 1.30. The smallest absolute Gasteiger partial charge is 0.376 e. The van der Waals surface area contributed by atoms with Gasteiger partial charge < -0.3 is 14.9 Å². The maximum atomic E-state index is 11.0. The third kappa shape index (κ3) is 3.62. The molecule has 0 spiro atoms. The number of carbonyl (C=O) groups is 2. The number of carboxylic acids is 1. The first-order valence-electron chi connectivity index (χ1n) is 5.35. The summed E-state index contributed by atoms with van der Waals surface area (Å²) in [5, 5.41) is 18.2. The van der Waals surface area contributed by atoms with Crippen LogP contribution in [0.25, 0.3) is 5.76 Å². The Hall–Kier alpha value is -2.30. The van der Waals surface area contributed by atoms with Gasteiger partial charge in [-0.15, -0.1) is 0 Å². The van der Waals surface area contributed by atoms with Gasteiger partial charge in [-0.2, -0.15) is 0 Å². The normalized spacial score (nSPS) is 11.4. The molecule has 0 bridgehead atoms. The van der Waals surface area contributed by atoms with E-state index in [1.165, 1.54) is 0 Å². The number of aliphatic carboxylic acids is 1. The minimum Gasteiger partial charge on any atom is -0.507 e. The van der Waals surface area contributed by atoms with Crippen molar-refractivity contribution in [1.82, 2.24) is 0 Å². The predicted octanol–water partition coefficient (Wildman–Crippen LogP) is 2.03.